The highest BCUT2D eigenvalue weighted by molar-refractivity contribution is 7.12. The molecule has 100 valence electrons. The van der Waals surface area contributed by atoms with Crippen LogP contribution in [0.25, 0.3) is 0 Å². The van der Waals surface area contributed by atoms with Gasteiger partial charge in [-0.15, -0.1) is 11.3 Å². The SMILES string of the molecule is COc1c(C)cnc(CC(=O)c2sccc2C)c1C. The van der Waals surface area contributed by atoms with Crippen LogP contribution in [0, 0.1) is 20.8 Å². The molecule has 0 saturated heterocycles. The molecule has 0 unspecified atom stereocenters. The van der Waals surface area contributed by atoms with Crippen molar-refractivity contribution in [3.63, 3.8) is 0 Å². The van der Waals surface area contributed by atoms with E-state index in [0.717, 1.165) is 33.0 Å². The van der Waals surface area contributed by atoms with Crippen LogP contribution < -0.4 is 4.74 Å². The van der Waals surface area contributed by atoms with Gasteiger partial charge in [0.1, 0.15) is 5.75 Å². The molecule has 0 aromatic carbocycles. The van der Waals surface area contributed by atoms with Crippen LogP contribution >= 0.6 is 11.3 Å². The zero-order valence-corrected chi connectivity index (χ0v) is 12.4. The lowest BCUT2D eigenvalue weighted by Crippen LogP contribution is -2.08. The van der Waals surface area contributed by atoms with Crippen molar-refractivity contribution in [2.24, 2.45) is 0 Å². The number of hydrogen-bond donors (Lipinski definition) is 0. The Bertz CT molecular complexity index is 617. The summed E-state index contributed by atoms with van der Waals surface area (Å²) in [6.45, 7) is 5.86. The van der Waals surface area contributed by atoms with E-state index in [1.165, 1.54) is 11.3 Å². The summed E-state index contributed by atoms with van der Waals surface area (Å²) in [6.07, 6.45) is 2.08. The predicted octanol–water partition coefficient (Wildman–Crippen LogP) is 3.50. The second-order valence-corrected chi connectivity index (χ2v) is 5.49. The normalized spacial score (nSPS) is 10.5. The Morgan fingerprint density at radius 3 is 2.63 bits per heavy atom. The first-order valence-electron chi connectivity index (χ1n) is 6.11. The zero-order valence-electron chi connectivity index (χ0n) is 11.6. The molecule has 0 atom stereocenters. The third-order valence-electron chi connectivity index (χ3n) is 3.19. The van der Waals surface area contributed by atoms with Gasteiger partial charge in [-0.2, -0.15) is 0 Å². The summed E-state index contributed by atoms with van der Waals surface area (Å²) < 4.78 is 5.36. The van der Waals surface area contributed by atoms with E-state index in [1.54, 1.807) is 13.3 Å². The topological polar surface area (TPSA) is 39.2 Å². The quantitative estimate of drug-likeness (QED) is 0.802. The number of Topliss-reactive ketones (excluding diaryl/α,β-unsaturated/α-hetero) is 1. The Hall–Kier alpha value is -1.68. The minimum atomic E-state index is 0.119. The first-order chi connectivity index (χ1) is 9.04. The number of carbonyl (C=O) groups excluding carboxylic acids is 1. The Labute approximate surface area is 117 Å². The number of ether oxygens (including phenoxy) is 1. The largest absolute Gasteiger partial charge is 0.496 e. The number of ketones is 1. The summed E-state index contributed by atoms with van der Waals surface area (Å²) in [4.78, 5) is 17.5. The van der Waals surface area contributed by atoms with Gasteiger partial charge in [-0.1, -0.05) is 0 Å². The lowest BCUT2D eigenvalue weighted by molar-refractivity contribution is 0.0995. The molecule has 0 radical (unpaired) electrons. The van der Waals surface area contributed by atoms with E-state index in [1.807, 2.05) is 32.2 Å². The van der Waals surface area contributed by atoms with Gasteiger partial charge in [0.2, 0.25) is 0 Å². The molecule has 0 aliphatic heterocycles. The maximum absolute atomic E-state index is 12.3. The van der Waals surface area contributed by atoms with Gasteiger partial charge >= 0.3 is 0 Å². The van der Waals surface area contributed by atoms with E-state index >= 15 is 0 Å². The molecular formula is C15H17NO2S. The Balaban J connectivity index is 2.30. The van der Waals surface area contributed by atoms with Crippen molar-refractivity contribution >= 4 is 17.1 Å². The summed E-state index contributed by atoms with van der Waals surface area (Å²) in [5.74, 6) is 0.940. The highest BCUT2D eigenvalue weighted by Crippen LogP contribution is 2.25. The van der Waals surface area contributed by atoms with Crippen molar-refractivity contribution in [3.05, 3.63) is 44.9 Å². The molecule has 0 bridgehead atoms. The molecular weight excluding hydrogens is 258 g/mol. The molecule has 0 fully saturated rings. The van der Waals surface area contributed by atoms with Gasteiger partial charge in [0.25, 0.3) is 0 Å². The molecule has 3 nitrogen and oxygen atoms in total. The molecule has 2 aromatic rings. The molecule has 0 spiro atoms. The van der Waals surface area contributed by atoms with Gasteiger partial charge in [-0.25, -0.2) is 0 Å². The van der Waals surface area contributed by atoms with Crippen LogP contribution in [0.1, 0.15) is 32.1 Å². The lowest BCUT2D eigenvalue weighted by atomic mass is 10.0. The lowest BCUT2D eigenvalue weighted by Gasteiger charge is -2.11. The number of thiophene rings is 1. The number of nitrogens with zero attached hydrogens (tertiary/aromatic N) is 1. The molecule has 2 rings (SSSR count). The van der Waals surface area contributed by atoms with Crippen LogP contribution in [0.4, 0.5) is 0 Å². The minimum Gasteiger partial charge on any atom is -0.496 e. The molecule has 4 heteroatoms. The van der Waals surface area contributed by atoms with Crippen molar-refractivity contribution in [1.29, 1.82) is 0 Å². The predicted molar refractivity (Wildman–Crippen MR) is 77.4 cm³/mol. The Morgan fingerprint density at radius 1 is 1.32 bits per heavy atom. The fourth-order valence-corrected chi connectivity index (χ4v) is 3.01. The maximum atomic E-state index is 12.3. The van der Waals surface area contributed by atoms with Gasteiger partial charge < -0.3 is 4.74 Å². The highest BCUT2D eigenvalue weighted by Gasteiger charge is 2.16. The summed E-state index contributed by atoms with van der Waals surface area (Å²) in [5.41, 5.74) is 3.76. The minimum absolute atomic E-state index is 0.119. The second kappa shape index (κ2) is 5.53. The van der Waals surface area contributed by atoms with Crippen LogP contribution in [0.3, 0.4) is 0 Å². The summed E-state index contributed by atoms with van der Waals surface area (Å²) in [6, 6.07) is 1.97. The number of carbonyl (C=O) groups is 1. The Kier molecular flexibility index (Phi) is 4.00. The second-order valence-electron chi connectivity index (χ2n) is 4.58. The van der Waals surface area contributed by atoms with Gasteiger partial charge in [0, 0.05) is 17.3 Å². The summed E-state index contributed by atoms with van der Waals surface area (Å²) in [5, 5.41) is 1.94. The number of aryl methyl sites for hydroxylation is 2. The summed E-state index contributed by atoms with van der Waals surface area (Å²) >= 11 is 1.49. The van der Waals surface area contributed by atoms with Crippen LogP contribution in [-0.4, -0.2) is 17.9 Å². The monoisotopic (exact) mass is 275 g/mol. The zero-order chi connectivity index (χ0) is 14.0. The van der Waals surface area contributed by atoms with Gasteiger partial charge in [-0.3, -0.25) is 9.78 Å². The number of rotatable bonds is 4. The third kappa shape index (κ3) is 2.68. The van der Waals surface area contributed by atoms with Crippen LogP contribution in [0.15, 0.2) is 17.6 Å². The van der Waals surface area contributed by atoms with Crippen molar-refractivity contribution in [2.75, 3.05) is 7.11 Å². The van der Waals surface area contributed by atoms with E-state index in [0.29, 0.717) is 6.42 Å². The number of methoxy groups -OCH3 is 1. The van der Waals surface area contributed by atoms with E-state index in [4.69, 9.17) is 4.74 Å². The highest BCUT2D eigenvalue weighted by atomic mass is 32.1. The van der Waals surface area contributed by atoms with Crippen molar-refractivity contribution in [3.8, 4) is 5.75 Å². The fraction of sp³-hybridized carbons (Fsp3) is 0.333. The van der Waals surface area contributed by atoms with Gasteiger partial charge in [0.05, 0.1) is 24.1 Å². The smallest absolute Gasteiger partial charge is 0.178 e. The maximum Gasteiger partial charge on any atom is 0.178 e. The molecule has 0 aliphatic carbocycles. The standard InChI is InChI=1S/C15H17NO2S/c1-9-5-6-19-15(9)13(17)7-12-11(3)14(18-4)10(2)8-16-12/h5-6,8H,7H2,1-4H3. The van der Waals surface area contributed by atoms with Crippen molar-refractivity contribution < 1.29 is 9.53 Å². The average Bonchev–Trinajstić information content (AvgIpc) is 2.80. The average molecular weight is 275 g/mol. The molecule has 0 aliphatic rings. The van der Waals surface area contributed by atoms with Crippen LogP contribution in [0.5, 0.6) is 5.75 Å². The molecule has 2 aromatic heterocycles. The fourth-order valence-electron chi connectivity index (χ4n) is 2.14. The van der Waals surface area contributed by atoms with Crippen molar-refractivity contribution in [1.82, 2.24) is 4.98 Å². The van der Waals surface area contributed by atoms with E-state index < -0.39 is 0 Å². The van der Waals surface area contributed by atoms with Crippen LogP contribution in [0.2, 0.25) is 0 Å². The third-order valence-corrected chi connectivity index (χ3v) is 4.25. The Morgan fingerprint density at radius 2 is 2.05 bits per heavy atom. The van der Waals surface area contributed by atoms with Crippen molar-refractivity contribution in [2.45, 2.75) is 27.2 Å². The first kappa shape index (κ1) is 13.7. The van der Waals surface area contributed by atoms with E-state index in [9.17, 15) is 4.79 Å². The van der Waals surface area contributed by atoms with Gasteiger partial charge in [-0.05, 0) is 37.8 Å². The number of aromatic nitrogens is 1. The molecule has 0 saturated carbocycles. The van der Waals surface area contributed by atoms with E-state index in [-0.39, 0.29) is 5.78 Å². The molecule has 0 amide bonds. The molecule has 19 heavy (non-hydrogen) atoms. The van der Waals surface area contributed by atoms with Crippen LogP contribution in [-0.2, 0) is 6.42 Å². The van der Waals surface area contributed by atoms with Gasteiger partial charge in [0.15, 0.2) is 5.78 Å². The molecule has 2 heterocycles. The number of pyridine rings is 1. The molecule has 0 N–H and O–H groups in total. The van der Waals surface area contributed by atoms with E-state index in [2.05, 4.69) is 4.98 Å². The number of hydrogen-bond acceptors (Lipinski definition) is 4. The summed E-state index contributed by atoms with van der Waals surface area (Å²) in [7, 11) is 1.64. The first-order valence-corrected chi connectivity index (χ1v) is 6.99.